The van der Waals surface area contributed by atoms with E-state index in [1.54, 1.807) is 11.3 Å². The summed E-state index contributed by atoms with van der Waals surface area (Å²) in [4.78, 5) is 15.6. The van der Waals surface area contributed by atoms with Crippen molar-refractivity contribution < 1.29 is 4.79 Å². The van der Waals surface area contributed by atoms with E-state index in [0.717, 1.165) is 23.7 Å². The first-order valence-electron chi connectivity index (χ1n) is 6.73. The summed E-state index contributed by atoms with van der Waals surface area (Å²) in [5.74, 6) is 0.593. The fraction of sp³-hybridized carbons (Fsp3) is 0.643. The predicted octanol–water partition coefficient (Wildman–Crippen LogP) is 4.33. The summed E-state index contributed by atoms with van der Waals surface area (Å²) in [6.45, 7) is 3.55. The van der Waals surface area contributed by atoms with Gasteiger partial charge < -0.3 is 4.90 Å². The molecule has 0 radical (unpaired) electrons. The Balaban J connectivity index is 1.96. The molecule has 0 saturated heterocycles. The van der Waals surface area contributed by atoms with Crippen molar-refractivity contribution in [3.63, 3.8) is 0 Å². The van der Waals surface area contributed by atoms with E-state index in [9.17, 15) is 4.79 Å². The van der Waals surface area contributed by atoms with Gasteiger partial charge in [0.05, 0.1) is 10.9 Å². The van der Waals surface area contributed by atoms with Crippen LogP contribution < -0.4 is 0 Å². The second-order valence-electron chi connectivity index (χ2n) is 4.89. The first-order chi connectivity index (χ1) is 8.70. The Kier molecular flexibility index (Phi) is 5.07. The predicted molar refractivity (Wildman–Crippen MR) is 77.0 cm³/mol. The zero-order chi connectivity index (χ0) is 13.0. The van der Waals surface area contributed by atoms with Gasteiger partial charge in [0.2, 0.25) is 5.91 Å². The minimum Gasteiger partial charge on any atom is -0.338 e. The van der Waals surface area contributed by atoms with E-state index in [2.05, 4.69) is 6.92 Å². The first-order valence-corrected chi connectivity index (χ1v) is 7.93. The zero-order valence-corrected chi connectivity index (χ0v) is 12.4. The number of hydrogen-bond donors (Lipinski definition) is 0. The standard InChI is InChI=1S/C14H20ClNOS/c1-2-16(10-12-8-9-13(15)18-12)14(17)11-6-4-3-5-7-11/h8-9,11H,2-7,10H2,1H3. The highest BCUT2D eigenvalue weighted by atomic mass is 35.5. The van der Waals surface area contributed by atoms with E-state index in [0.29, 0.717) is 12.5 Å². The lowest BCUT2D eigenvalue weighted by atomic mass is 9.88. The highest BCUT2D eigenvalue weighted by Gasteiger charge is 2.25. The number of hydrogen-bond acceptors (Lipinski definition) is 2. The lowest BCUT2D eigenvalue weighted by Gasteiger charge is -2.28. The van der Waals surface area contributed by atoms with Gasteiger partial charge in [0, 0.05) is 17.3 Å². The van der Waals surface area contributed by atoms with Crippen molar-refractivity contribution in [2.75, 3.05) is 6.54 Å². The van der Waals surface area contributed by atoms with Gasteiger partial charge in [-0.05, 0) is 31.9 Å². The Hall–Kier alpha value is -0.540. The number of rotatable bonds is 4. The summed E-state index contributed by atoms with van der Waals surface area (Å²) < 4.78 is 0.797. The normalized spacial score (nSPS) is 16.8. The van der Waals surface area contributed by atoms with Crippen molar-refractivity contribution >= 4 is 28.8 Å². The molecule has 1 saturated carbocycles. The number of carbonyl (C=O) groups is 1. The highest BCUT2D eigenvalue weighted by molar-refractivity contribution is 7.16. The maximum Gasteiger partial charge on any atom is 0.225 e. The van der Waals surface area contributed by atoms with Crippen LogP contribution in [0.5, 0.6) is 0 Å². The Bertz CT molecular complexity index is 398. The van der Waals surface area contributed by atoms with Gasteiger partial charge in [-0.2, -0.15) is 0 Å². The molecule has 4 heteroatoms. The van der Waals surface area contributed by atoms with E-state index in [1.807, 2.05) is 17.0 Å². The van der Waals surface area contributed by atoms with Crippen LogP contribution in [0.15, 0.2) is 12.1 Å². The number of halogens is 1. The van der Waals surface area contributed by atoms with E-state index < -0.39 is 0 Å². The average molecular weight is 286 g/mol. The highest BCUT2D eigenvalue weighted by Crippen LogP contribution is 2.27. The average Bonchev–Trinajstić information content (AvgIpc) is 2.82. The first kappa shape index (κ1) is 13.9. The molecule has 0 aromatic carbocycles. The fourth-order valence-corrected chi connectivity index (χ4v) is 3.68. The van der Waals surface area contributed by atoms with Crippen LogP contribution in [0.2, 0.25) is 4.34 Å². The van der Waals surface area contributed by atoms with E-state index in [-0.39, 0.29) is 5.92 Å². The molecule has 0 spiro atoms. The van der Waals surface area contributed by atoms with E-state index >= 15 is 0 Å². The van der Waals surface area contributed by atoms with Crippen LogP contribution in [0.1, 0.15) is 43.9 Å². The molecule has 1 aromatic heterocycles. The summed E-state index contributed by atoms with van der Waals surface area (Å²) in [6.07, 6.45) is 5.84. The lowest BCUT2D eigenvalue weighted by Crippen LogP contribution is -2.36. The molecule has 1 fully saturated rings. The third-order valence-electron chi connectivity index (χ3n) is 3.62. The van der Waals surface area contributed by atoms with Crippen LogP contribution in [0.4, 0.5) is 0 Å². The van der Waals surface area contributed by atoms with Gasteiger partial charge in [-0.15, -0.1) is 11.3 Å². The van der Waals surface area contributed by atoms with Gasteiger partial charge in [-0.3, -0.25) is 4.79 Å². The Morgan fingerprint density at radius 2 is 2.11 bits per heavy atom. The molecule has 0 unspecified atom stereocenters. The van der Waals surface area contributed by atoms with Crippen molar-refractivity contribution in [2.24, 2.45) is 5.92 Å². The summed E-state index contributed by atoms with van der Waals surface area (Å²) in [5, 5.41) is 0. The zero-order valence-electron chi connectivity index (χ0n) is 10.8. The van der Waals surface area contributed by atoms with Crippen molar-refractivity contribution in [3.8, 4) is 0 Å². The molecule has 1 amide bonds. The van der Waals surface area contributed by atoms with Crippen LogP contribution in [-0.2, 0) is 11.3 Å². The number of carbonyl (C=O) groups excluding carboxylic acids is 1. The van der Waals surface area contributed by atoms with Crippen LogP contribution in [0.25, 0.3) is 0 Å². The fourth-order valence-electron chi connectivity index (χ4n) is 2.58. The minimum absolute atomic E-state index is 0.258. The molecule has 0 atom stereocenters. The van der Waals surface area contributed by atoms with Crippen LogP contribution in [0, 0.1) is 5.92 Å². The molecule has 100 valence electrons. The molecular weight excluding hydrogens is 266 g/mol. The molecule has 1 heterocycles. The van der Waals surface area contributed by atoms with Crippen LogP contribution >= 0.6 is 22.9 Å². The maximum atomic E-state index is 12.4. The largest absolute Gasteiger partial charge is 0.338 e. The van der Waals surface area contributed by atoms with Gasteiger partial charge in [-0.25, -0.2) is 0 Å². The topological polar surface area (TPSA) is 20.3 Å². The number of thiophene rings is 1. The smallest absolute Gasteiger partial charge is 0.225 e. The maximum absolute atomic E-state index is 12.4. The SMILES string of the molecule is CCN(Cc1ccc(Cl)s1)C(=O)C1CCCCC1. The second-order valence-corrected chi connectivity index (χ2v) is 6.69. The van der Waals surface area contributed by atoms with Crippen molar-refractivity contribution in [1.29, 1.82) is 0 Å². The van der Waals surface area contributed by atoms with Crippen LogP contribution in [-0.4, -0.2) is 17.4 Å². The van der Waals surface area contributed by atoms with Crippen molar-refractivity contribution in [1.82, 2.24) is 4.90 Å². The summed E-state index contributed by atoms with van der Waals surface area (Å²) >= 11 is 7.50. The van der Waals surface area contributed by atoms with E-state index in [4.69, 9.17) is 11.6 Å². The molecule has 1 aliphatic rings. The van der Waals surface area contributed by atoms with Gasteiger partial charge >= 0.3 is 0 Å². The van der Waals surface area contributed by atoms with Crippen molar-refractivity contribution in [2.45, 2.75) is 45.6 Å². The third-order valence-corrected chi connectivity index (χ3v) is 4.84. The number of nitrogens with zero attached hydrogens (tertiary/aromatic N) is 1. The minimum atomic E-state index is 0.258. The summed E-state index contributed by atoms with van der Waals surface area (Å²) in [6, 6.07) is 3.92. The molecule has 1 aliphatic carbocycles. The molecular formula is C14H20ClNOS. The van der Waals surface area contributed by atoms with Gasteiger partial charge in [0.25, 0.3) is 0 Å². The Morgan fingerprint density at radius 1 is 1.39 bits per heavy atom. The van der Waals surface area contributed by atoms with Gasteiger partial charge in [-0.1, -0.05) is 30.9 Å². The monoisotopic (exact) mass is 285 g/mol. The Labute approximate surface area is 118 Å². The van der Waals surface area contributed by atoms with Gasteiger partial charge in [0.1, 0.15) is 0 Å². The van der Waals surface area contributed by atoms with Gasteiger partial charge in [0.15, 0.2) is 0 Å². The third kappa shape index (κ3) is 3.48. The quantitative estimate of drug-likeness (QED) is 0.806. The molecule has 2 nitrogen and oxygen atoms in total. The second kappa shape index (κ2) is 6.58. The van der Waals surface area contributed by atoms with Crippen molar-refractivity contribution in [3.05, 3.63) is 21.3 Å². The molecule has 2 rings (SSSR count). The number of amides is 1. The molecule has 18 heavy (non-hydrogen) atoms. The molecule has 0 N–H and O–H groups in total. The van der Waals surface area contributed by atoms with E-state index in [1.165, 1.54) is 24.1 Å². The Morgan fingerprint density at radius 3 is 2.67 bits per heavy atom. The summed E-state index contributed by atoms with van der Waals surface area (Å²) in [7, 11) is 0. The molecule has 1 aromatic rings. The molecule has 0 bridgehead atoms. The lowest BCUT2D eigenvalue weighted by molar-refractivity contribution is -0.136. The molecule has 0 aliphatic heterocycles. The summed E-state index contributed by atoms with van der Waals surface area (Å²) in [5.41, 5.74) is 0. The van der Waals surface area contributed by atoms with Crippen LogP contribution in [0.3, 0.4) is 0 Å².